The van der Waals surface area contributed by atoms with E-state index < -0.39 is 0 Å². The van der Waals surface area contributed by atoms with E-state index in [2.05, 4.69) is 26.1 Å². The molecule has 78 valence electrons. The summed E-state index contributed by atoms with van der Waals surface area (Å²) < 4.78 is 6.34. The summed E-state index contributed by atoms with van der Waals surface area (Å²) in [7, 11) is 0. The maximum atomic E-state index is 5.62. The van der Waals surface area contributed by atoms with Crippen molar-refractivity contribution in [3.8, 4) is 10.9 Å². The molecule has 15 heavy (non-hydrogen) atoms. The molecule has 2 rings (SSSR count). The van der Waals surface area contributed by atoms with Crippen molar-refractivity contribution in [1.29, 1.82) is 0 Å². The van der Waals surface area contributed by atoms with Crippen LogP contribution in [0.25, 0.3) is 0 Å². The second kappa shape index (κ2) is 4.96. The molecule has 0 radical (unpaired) electrons. The Morgan fingerprint density at radius 2 is 2.13 bits per heavy atom. The molecule has 0 spiro atoms. The fourth-order valence-electron chi connectivity index (χ4n) is 1.03. The van der Waals surface area contributed by atoms with E-state index in [1.165, 1.54) is 11.3 Å². The minimum Gasteiger partial charge on any atom is -0.429 e. The summed E-state index contributed by atoms with van der Waals surface area (Å²) in [6, 6.07) is 7.84. The van der Waals surface area contributed by atoms with Gasteiger partial charge in [0, 0.05) is 4.90 Å². The van der Waals surface area contributed by atoms with E-state index in [0.29, 0.717) is 5.19 Å². The number of hydrogen-bond acceptors (Lipinski definition) is 5. The molecule has 3 nitrogen and oxygen atoms in total. The summed E-state index contributed by atoms with van der Waals surface area (Å²) in [4.78, 5) is 1.09. The van der Waals surface area contributed by atoms with Crippen molar-refractivity contribution in [2.75, 3.05) is 6.26 Å². The number of para-hydroxylation sites is 1. The second-order valence-corrected chi connectivity index (χ2v) is 5.64. The van der Waals surface area contributed by atoms with Crippen LogP contribution in [-0.2, 0) is 0 Å². The van der Waals surface area contributed by atoms with Gasteiger partial charge in [0.1, 0.15) is 5.75 Å². The van der Waals surface area contributed by atoms with Crippen LogP contribution in [0.2, 0.25) is 0 Å². The van der Waals surface area contributed by atoms with Crippen LogP contribution < -0.4 is 4.74 Å². The third kappa shape index (κ3) is 2.70. The molecule has 1 aromatic heterocycles. The van der Waals surface area contributed by atoms with Crippen molar-refractivity contribution in [2.24, 2.45) is 0 Å². The van der Waals surface area contributed by atoms with Gasteiger partial charge in [-0.05, 0) is 45.7 Å². The molecule has 1 heterocycles. The fourth-order valence-corrected chi connectivity index (χ4v) is 2.49. The van der Waals surface area contributed by atoms with Gasteiger partial charge in [-0.25, -0.2) is 0 Å². The zero-order chi connectivity index (χ0) is 10.7. The van der Waals surface area contributed by atoms with Crippen molar-refractivity contribution < 1.29 is 4.74 Å². The topological polar surface area (TPSA) is 35.0 Å². The van der Waals surface area contributed by atoms with E-state index in [1.807, 2.05) is 30.5 Å². The smallest absolute Gasteiger partial charge is 0.300 e. The molecular weight excluding hydrogens is 296 g/mol. The van der Waals surface area contributed by atoms with Crippen molar-refractivity contribution in [3.05, 3.63) is 28.2 Å². The molecule has 1 aromatic carbocycles. The molecule has 0 saturated carbocycles. The van der Waals surface area contributed by atoms with Crippen LogP contribution in [0.1, 0.15) is 0 Å². The van der Waals surface area contributed by atoms with E-state index in [4.69, 9.17) is 4.74 Å². The van der Waals surface area contributed by atoms with Gasteiger partial charge in [-0.2, -0.15) is 0 Å². The summed E-state index contributed by atoms with van der Waals surface area (Å²) in [5.41, 5.74) is 0. The van der Waals surface area contributed by atoms with Crippen molar-refractivity contribution in [3.63, 3.8) is 0 Å². The number of benzene rings is 1. The van der Waals surface area contributed by atoms with Gasteiger partial charge < -0.3 is 4.74 Å². The van der Waals surface area contributed by atoms with Crippen molar-refractivity contribution in [1.82, 2.24) is 10.2 Å². The lowest BCUT2D eigenvalue weighted by Gasteiger charge is -2.05. The molecule has 0 unspecified atom stereocenters. The Morgan fingerprint density at radius 3 is 2.80 bits per heavy atom. The van der Waals surface area contributed by atoms with E-state index >= 15 is 0 Å². The number of rotatable bonds is 3. The Balaban J connectivity index is 2.23. The average molecular weight is 303 g/mol. The van der Waals surface area contributed by atoms with E-state index in [0.717, 1.165) is 14.6 Å². The van der Waals surface area contributed by atoms with Crippen LogP contribution in [0, 0.1) is 0 Å². The summed E-state index contributed by atoms with van der Waals surface area (Å²) in [6.45, 7) is 0. The molecule has 0 fully saturated rings. The Kier molecular flexibility index (Phi) is 3.61. The monoisotopic (exact) mass is 302 g/mol. The van der Waals surface area contributed by atoms with Gasteiger partial charge in [-0.1, -0.05) is 17.2 Å². The molecule has 6 heteroatoms. The van der Waals surface area contributed by atoms with Crippen LogP contribution in [0.3, 0.4) is 0 Å². The molecule has 0 bridgehead atoms. The van der Waals surface area contributed by atoms with Crippen LogP contribution >= 0.6 is 39.0 Å². The highest BCUT2D eigenvalue weighted by Crippen LogP contribution is 2.33. The maximum Gasteiger partial charge on any atom is 0.300 e. The number of hydrogen-bond donors (Lipinski definition) is 0. The van der Waals surface area contributed by atoms with Crippen LogP contribution in [0.15, 0.2) is 33.1 Å². The van der Waals surface area contributed by atoms with Crippen LogP contribution in [-0.4, -0.2) is 16.5 Å². The lowest BCUT2D eigenvalue weighted by Crippen LogP contribution is -1.85. The van der Waals surface area contributed by atoms with Gasteiger partial charge in [-0.15, -0.1) is 16.9 Å². The highest BCUT2D eigenvalue weighted by molar-refractivity contribution is 9.11. The first-order chi connectivity index (χ1) is 7.29. The van der Waals surface area contributed by atoms with Gasteiger partial charge in [0.2, 0.25) is 0 Å². The largest absolute Gasteiger partial charge is 0.429 e. The van der Waals surface area contributed by atoms with Gasteiger partial charge in [-0.3, -0.25) is 0 Å². The second-order valence-electron chi connectivity index (χ2n) is 2.57. The van der Waals surface area contributed by atoms with Crippen molar-refractivity contribution in [2.45, 2.75) is 4.90 Å². The number of nitrogens with zero attached hydrogens (tertiary/aromatic N) is 2. The Hall–Kier alpha value is -0.590. The van der Waals surface area contributed by atoms with Gasteiger partial charge in [0.25, 0.3) is 5.19 Å². The molecule has 0 aliphatic heterocycles. The summed E-state index contributed by atoms with van der Waals surface area (Å²) in [5.74, 6) is 0.814. The van der Waals surface area contributed by atoms with Gasteiger partial charge >= 0.3 is 0 Å². The minimum atomic E-state index is 0.545. The van der Waals surface area contributed by atoms with E-state index in [1.54, 1.807) is 11.8 Å². The lowest BCUT2D eigenvalue weighted by molar-refractivity contribution is 0.462. The minimum absolute atomic E-state index is 0.545. The highest BCUT2D eigenvalue weighted by atomic mass is 79.9. The summed E-state index contributed by atoms with van der Waals surface area (Å²) in [5, 5.41) is 8.24. The van der Waals surface area contributed by atoms with Gasteiger partial charge in [0.05, 0.1) is 0 Å². The van der Waals surface area contributed by atoms with E-state index in [9.17, 15) is 0 Å². The average Bonchev–Trinajstić information content (AvgIpc) is 2.65. The molecular formula is C9H7BrN2OS2. The first-order valence-corrected chi connectivity index (χ1v) is 6.93. The standard InChI is InChI=1S/C9H7BrN2OS2/c1-14-7-5-3-2-4-6(7)13-9-12-11-8(10)15-9/h2-5H,1H3. The van der Waals surface area contributed by atoms with E-state index in [-0.39, 0.29) is 0 Å². The number of aromatic nitrogens is 2. The number of halogens is 1. The molecule has 0 aliphatic carbocycles. The Labute approximate surface area is 104 Å². The number of thioether (sulfide) groups is 1. The molecule has 0 amide bonds. The highest BCUT2D eigenvalue weighted by Gasteiger charge is 2.07. The summed E-state index contributed by atoms with van der Waals surface area (Å²) in [6.07, 6.45) is 2.01. The summed E-state index contributed by atoms with van der Waals surface area (Å²) >= 11 is 6.25. The van der Waals surface area contributed by atoms with Crippen LogP contribution in [0.4, 0.5) is 0 Å². The maximum absolute atomic E-state index is 5.62. The SMILES string of the molecule is CSc1ccccc1Oc1nnc(Br)s1. The lowest BCUT2D eigenvalue weighted by atomic mass is 10.3. The molecule has 0 aliphatic rings. The predicted molar refractivity (Wildman–Crippen MR) is 65.9 cm³/mol. The first kappa shape index (κ1) is 10.9. The molecule has 0 N–H and O–H groups in total. The Bertz CT molecular complexity index is 461. The zero-order valence-electron chi connectivity index (χ0n) is 7.81. The quantitative estimate of drug-likeness (QED) is 0.808. The molecule has 0 saturated heterocycles. The predicted octanol–water partition coefficient (Wildman–Crippen LogP) is 3.81. The van der Waals surface area contributed by atoms with Gasteiger partial charge in [0.15, 0.2) is 3.92 Å². The first-order valence-electron chi connectivity index (χ1n) is 4.09. The molecule has 2 aromatic rings. The normalized spacial score (nSPS) is 10.3. The Morgan fingerprint density at radius 1 is 1.33 bits per heavy atom. The molecule has 0 atom stereocenters. The zero-order valence-corrected chi connectivity index (χ0v) is 11.0. The fraction of sp³-hybridized carbons (Fsp3) is 0.111. The third-order valence-corrected chi connectivity index (χ3v) is 3.66. The third-order valence-electron chi connectivity index (χ3n) is 1.65. The van der Waals surface area contributed by atoms with Crippen molar-refractivity contribution >= 4 is 39.0 Å². The number of ether oxygens (including phenoxy) is 1. The van der Waals surface area contributed by atoms with Crippen LogP contribution in [0.5, 0.6) is 10.9 Å².